The van der Waals surface area contributed by atoms with E-state index in [1.54, 1.807) is 6.92 Å². The van der Waals surface area contributed by atoms with E-state index in [4.69, 9.17) is 16.6 Å². The first-order valence-corrected chi connectivity index (χ1v) is 4.39. The van der Waals surface area contributed by atoms with Gasteiger partial charge in [-0.25, -0.2) is 4.39 Å². The van der Waals surface area contributed by atoms with Crippen molar-refractivity contribution < 1.29 is 14.3 Å². The Labute approximate surface area is 112 Å². The molecular formula is C9H18Cl2FN3O2. The Morgan fingerprint density at radius 2 is 2.00 bits per heavy atom. The van der Waals surface area contributed by atoms with E-state index >= 15 is 0 Å². The molecule has 8 heteroatoms. The maximum Gasteiger partial charge on any atom is 0.323 e. The molecule has 17 heavy (non-hydrogen) atoms. The first-order valence-electron chi connectivity index (χ1n) is 4.39. The number of nitrogens with two attached hydrogens (primary N) is 2. The van der Waals surface area contributed by atoms with Crippen LogP contribution in [-0.4, -0.2) is 29.0 Å². The second-order valence-electron chi connectivity index (χ2n) is 3.53. The molecule has 0 rings (SSSR count). The lowest BCUT2D eigenvalue weighted by Gasteiger charge is -2.17. The number of amidine groups is 1. The number of hydrogen-bond acceptors (Lipinski definition) is 3. The van der Waals surface area contributed by atoms with Crippen LogP contribution in [0.5, 0.6) is 0 Å². The molecule has 1 unspecified atom stereocenters. The molecular weight excluding hydrogens is 272 g/mol. The molecule has 102 valence electrons. The monoisotopic (exact) mass is 289 g/mol. The molecule has 5 nitrogen and oxygen atoms in total. The maximum absolute atomic E-state index is 13.1. The number of rotatable bonds is 5. The van der Waals surface area contributed by atoms with Crippen LogP contribution in [-0.2, 0) is 4.79 Å². The fourth-order valence-corrected chi connectivity index (χ4v) is 0.787. The fourth-order valence-electron chi connectivity index (χ4n) is 0.787. The van der Waals surface area contributed by atoms with Crippen LogP contribution in [0.1, 0.15) is 20.3 Å². The quantitative estimate of drug-likeness (QED) is 0.524. The summed E-state index contributed by atoms with van der Waals surface area (Å²) in [4.78, 5) is 14.3. The fraction of sp³-hybridized carbons (Fsp3) is 0.556. The van der Waals surface area contributed by atoms with E-state index in [0.717, 1.165) is 6.08 Å². The molecule has 0 aromatic rings. The van der Waals surface area contributed by atoms with E-state index in [1.807, 2.05) is 0 Å². The normalized spacial score (nSPS) is 15.3. The molecule has 0 amide bonds. The Morgan fingerprint density at radius 1 is 1.53 bits per heavy atom. The number of aliphatic imine (C=N–C) groups is 1. The number of hydrogen-bond donors (Lipinski definition) is 3. The van der Waals surface area contributed by atoms with Gasteiger partial charge >= 0.3 is 5.97 Å². The van der Waals surface area contributed by atoms with E-state index in [9.17, 15) is 9.18 Å². The largest absolute Gasteiger partial charge is 0.480 e. The molecule has 1 atom stereocenters. The molecule has 0 saturated carbocycles. The lowest BCUT2D eigenvalue weighted by molar-refractivity contribution is -0.142. The third-order valence-corrected chi connectivity index (χ3v) is 1.68. The molecule has 0 heterocycles. The Kier molecular flexibility index (Phi) is 11.6. The number of carboxylic acids is 1. The van der Waals surface area contributed by atoms with Crippen LogP contribution in [0, 0.1) is 0 Å². The van der Waals surface area contributed by atoms with Crippen molar-refractivity contribution in [1.82, 2.24) is 0 Å². The number of halogens is 3. The number of aliphatic carboxylic acids is 1. The van der Waals surface area contributed by atoms with Gasteiger partial charge in [-0.1, -0.05) is 0 Å². The minimum absolute atomic E-state index is 0. The van der Waals surface area contributed by atoms with Gasteiger partial charge in [-0.15, -0.1) is 24.8 Å². The molecule has 0 bridgehead atoms. The average molecular weight is 290 g/mol. The SMILES string of the molecule is CC(N)=NC/C=C(\F)CC(C)(N)C(=O)O.Cl.Cl. The summed E-state index contributed by atoms with van der Waals surface area (Å²) in [6.45, 7) is 2.92. The van der Waals surface area contributed by atoms with Crippen molar-refractivity contribution >= 4 is 36.6 Å². The molecule has 0 saturated heterocycles. The summed E-state index contributed by atoms with van der Waals surface area (Å²) < 4.78 is 13.1. The van der Waals surface area contributed by atoms with Gasteiger partial charge in [0.25, 0.3) is 0 Å². The van der Waals surface area contributed by atoms with Crippen LogP contribution < -0.4 is 11.5 Å². The topological polar surface area (TPSA) is 102 Å². The van der Waals surface area contributed by atoms with Crippen LogP contribution in [0.2, 0.25) is 0 Å². The Hall–Kier alpha value is -0.850. The van der Waals surface area contributed by atoms with Crippen molar-refractivity contribution in [2.45, 2.75) is 25.8 Å². The number of carbonyl (C=O) groups is 1. The van der Waals surface area contributed by atoms with Gasteiger partial charge in [0.15, 0.2) is 0 Å². The molecule has 0 radical (unpaired) electrons. The summed E-state index contributed by atoms with van der Waals surface area (Å²) in [6, 6.07) is 0. The van der Waals surface area contributed by atoms with Gasteiger partial charge in [0.2, 0.25) is 0 Å². The number of nitrogens with zero attached hydrogens (tertiary/aromatic N) is 1. The van der Waals surface area contributed by atoms with Crippen molar-refractivity contribution in [2.24, 2.45) is 16.5 Å². The molecule has 0 aliphatic carbocycles. The summed E-state index contributed by atoms with van der Waals surface area (Å²) in [5.74, 6) is -1.51. The van der Waals surface area contributed by atoms with Crippen molar-refractivity contribution in [2.75, 3.05) is 6.54 Å². The van der Waals surface area contributed by atoms with Crippen LogP contribution in [0.3, 0.4) is 0 Å². The summed E-state index contributed by atoms with van der Waals surface area (Å²) in [6.07, 6.45) is 0.798. The van der Waals surface area contributed by atoms with Gasteiger partial charge in [0, 0.05) is 6.42 Å². The lowest BCUT2D eigenvalue weighted by Crippen LogP contribution is -2.44. The van der Waals surface area contributed by atoms with Crippen LogP contribution in [0.4, 0.5) is 4.39 Å². The highest BCUT2D eigenvalue weighted by atomic mass is 35.5. The minimum Gasteiger partial charge on any atom is -0.480 e. The molecule has 0 fully saturated rings. The second-order valence-corrected chi connectivity index (χ2v) is 3.53. The standard InChI is InChI=1S/C9H16FN3O2.2ClH/c1-6(11)13-4-3-7(10)5-9(2,12)8(14)15;;/h3H,4-5,12H2,1-2H3,(H2,11,13)(H,14,15);2*1H/b7-3-;;. The predicted octanol–water partition coefficient (Wildman–Crippen LogP) is 1.25. The third kappa shape index (κ3) is 10.0. The summed E-state index contributed by atoms with van der Waals surface area (Å²) >= 11 is 0. The lowest BCUT2D eigenvalue weighted by atomic mass is 9.99. The van der Waals surface area contributed by atoms with Gasteiger partial charge < -0.3 is 16.6 Å². The first kappa shape index (κ1) is 21.4. The molecule has 0 aliphatic rings. The number of carboxylic acid groups (broad SMARTS) is 1. The van der Waals surface area contributed by atoms with Gasteiger partial charge in [-0.2, -0.15) is 0 Å². The van der Waals surface area contributed by atoms with Gasteiger partial charge in [-0.3, -0.25) is 9.79 Å². The average Bonchev–Trinajstić information content (AvgIpc) is 2.01. The highest BCUT2D eigenvalue weighted by Gasteiger charge is 2.29. The third-order valence-electron chi connectivity index (χ3n) is 1.68. The molecule has 0 aromatic carbocycles. The zero-order valence-electron chi connectivity index (χ0n) is 9.64. The van der Waals surface area contributed by atoms with Gasteiger partial charge in [-0.05, 0) is 19.9 Å². The zero-order valence-corrected chi connectivity index (χ0v) is 11.3. The highest BCUT2D eigenvalue weighted by molar-refractivity contribution is 5.85. The van der Waals surface area contributed by atoms with Gasteiger partial charge in [0.1, 0.15) is 11.4 Å². The van der Waals surface area contributed by atoms with Crippen molar-refractivity contribution in [3.05, 3.63) is 11.9 Å². The van der Waals surface area contributed by atoms with Gasteiger partial charge in [0.05, 0.1) is 12.4 Å². The van der Waals surface area contributed by atoms with E-state index in [2.05, 4.69) is 4.99 Å². The Balaban J connectivity index is -0.000000980. The highest BCUT2D eigenvalue weighted by Crippen LogP contribution is 2.14. The summed E-state index contributed by atoms with van der Waals surface area (Å²) in [5, 5.41) is 8.64. The van der Waals surface area contributed by atoms with E-state index < -0.39 is 17.3 Å². The molecule has 0 spiro atoms. The first-order chi connectivity index (χ1) is 6.75. The van der Waals surface area contributed by atoms with E-state index in [1.165, 1.54) is 6.92 Å². The van der Waals surface area contributed by atoms with Crippen molar-refractivity contribution in [3.8, 4) is 0 Å². The molecule has 5 N–H and O–H groups in total. The summed E-state index contributed by atoms with van der Waals surface area (Å²) in [7, 11) is 0. The van der Waals surface area contributed by atoms with Crippen LogP contribution in [0.25, 0.3) is 0 Å². The summed E-state index contributed by atoms with van der Waals surface area (Å²) in [5.41, 5.74) is 8.99. The maximum atomic E-state index is 13.1. The van der Waals surface area contributed by atoms with Crippen molar-refractivity contribution in [3.63, 3.8) is 0 Å². The zero-order chi connectivity index (χ0) is 12.1. The van der Waals surface area contributed by atoms with Crippen LogP contribution >= 0.6 is 24.8 Å². The predicted molar refractivity (Wildman–Crippen MR) is 70.7 cm³/mol. The molecule has 0 aliphatic heterocycles. The Bertz CT molecular complexity index is 303. The second kappa shape index (κ2) is 9.21. The smallest absolute Gasteiger partial charge is 0.323 e. The molecule has 0 aromatic heterocycles. The van der Waals surface area contributed by atoms with Crippen LogP contribution in [0.15, 0.2) is 16.9 Å². The minimum atomic E-state index is -1.60. The van der Waals surface area contributed by atoms with Crippen molar-refractivity contribution in [1.29, 1.82) is 0 Å². The van der Waals surface area contributed by atoms with E-state index in [-0.39, 0.29) is 37.8 Å². The van der Waals surface area contributed by atoms with E-state index in [0.29, 0.717) is 5.84 Å². The Morgan fingerprint density at radius 3 is 2.35 bits per heavy atom.